The van der Waals surface area contributed by atoms with Gasteiger partial charge in [-0.3, -0.25) is 0 Å². The van der Waals surface area contributed by atoms with Gasteiger partial charge in [0, 0.05) is 11.0 Å². The SMILES string of the molecule is CC(C)CC(C)(O)CNS(=O)(=O)c1ccc(Cl)c(Br)c1. The van der Waals surface area contributed by atoms with Gasteiger partial charge >= 0.3 is 0 Å². The summed E-state index contributed by atoms with van der Waals surface area (Å²) in [5, 5.41) is 10.6. The molecule has 1 atom stereocenters. The Morgan fingerprint density at radius 3 is 2.55 bits per heavy atom. The maximum atomic E-state index is 12.1. The first-order valence-corrected chi connectivity index (χ1v) is 8.86. The molecule has 7 heteroatoms. The number of hydrogen-bond donors (Lipinski definition) is 2. The monoisotopic (exact) mass is 383 g/mol. The largest absolute Gasteiger partial charge is 0.389 e. The van der Waals surface area contributed by atoms with Gasteiger partial charge in [0.25, 0.3) is 0 Å². The molecular weight excluding hydrogens is 366 g/mol. The van der Waals surface area contributed by atoms with Crippen molar-refractivity contribution < 1.29 is 13.5 Å². The lowest BCUT2D eigenvalue weighted by Crippen LogP contribution is -2.41. The summed E-state index contributed by atoms with van der Waals surface area (Å²) in [7, 11) is -3.67. The minimum atomic E-state index is -3.67. The van der Waals surface area contributed by atoms with Crippen LogP contribution < -0.4 is 4.72 Å². The van der Waals surface area contributed by atoms with E-state index in [1.165, 1.54) is 18.2 Å². The van der Waals surface area contributed by atoms with Crippen molar-refractivity contribution in [3.63, 3.8) is 0 Å². The van der Waals surface area contributed by atoms with Crippen molar-refractivity contribution in [2.45, 2.75) is 37.7 Å². The molecule has 0 amide bonds. The van der Waals surface area contributed by atoms with Crippen LogP contribution in [0.5, 0.6) is 0 Å². The van der Waals surface area contributed by atoms with Crippen molar-refractivity contribution in [3.05, 3.63) is 27.7 Å². The highest BCUT2D eigenvalue weighted by Gasteiger charge is 2.25. The summed E-state index contributed by atoms with van der Waals surface area (Å²) in [6.07, 6.45) is 0.514. The van der Waals surface area contributed by atoms with Crippen LogP contribution in [-0.2, 0) is 10.0 Å². The standard InChI is InChI=1S/C13H19BrClNO3S/c1-9(2)7-13(3,17)8-16-20(18,19)10-4-5-12(15)11(14)6-10/h4-6,9,16-17H,7-8H2,1-3H3. The van der Waals surface area contributed by atoms with Crippen LogP contribution in [-0.4, -0.2) is 25.7 Å². The number of halogens is 2. The minimum Gasteiger partial charge on any atom is -0.389 e. The fourth-order valence-electron chi connectivity index (χ4n) is 1.93. The average molecular weight is 385 g/mol. The van der Waals surface area contributed by atoms with Crippen LogP contribution in [0.2, 0.25) is 5.02 Å². The van der Waals surface area contributed by atoms with Gasteiger partial charge in [-0.15, -0.1) is 0 Å². The molecule has 2 N–H and O–H groups in total. The summed E-state index contributed by atoms with van der Waals surface area (Å²) in [5.41, 5.74) is -1.08. The van der Waals surface area contributed by atoms with Crippen LogP contribution in [0.1, 0.15) is 27.2 Å². The molecule has 0 saturated carbocycles. The smallest absolute Gasteiger partial charge is 0.240 e. The predicted molar refractivity (Wildman–Crippen MR) is 84.4 cm³/mol. The molecule has 4 nitrogen and oxygen atoms in total. The molecule has 1 aromatic carbocycles. The molecule has 1 aromatic rings. The Kier molecular flexibility index (Phi) is 6.04. The van der Waals surface area contributed by atoms with E-state index in [1.54, 1.807) is 6.92 Å². The Hall–Kier alpha value is -0.140. The normalized spacial score (nSPS) is 15.3. The van der Waals surface area contributed by atoms with Crippen LogP contribution in [0.25, 0.3) is 0 Å². The van der Waals surface area contributed by atoms with Crippen LogP contribution in [0.4, 0.5) is 0 Å². The summed E-state index contributed by atoms with van der Waals surface area (Å²) in [6.45, 7) is 5.53. The van der Waals surface area contributed by atoms with E-state index in [4.69, 9.17) is 11.6 Å². The van der Waals surface area contributed by atoms with E-state index in [0.717, 1.165) is 0 Å². The number of sulfonamides is 1. The van der Waals surface area contributed by atoms with E-state index in [1.807, 2.05) is 13.8 Å². The van der Waals surface area contributed by atoms with Crippen LogP contribution in [0.15, 0.2) is 27.6 Å². The second-order valence-corrected chi connectivity index (χ2v) is 8.52. The van der Waals surface area contributed by atoms with Crippen LogP contribution in [0, 0.1) is 5.92 Å². The van der Waals surface area contributed by atoms with E-state index in [2.05, 4.69) is 20.7 Å². The first kappa shape index (κ1) is 17.9. The number of benzene rings is 1. The molecule has 0 aliphatic rings. The Bertz CT molecular complexity index is 573. The average Bonchev–Trinajstić information content (AvgIpc) is 2.29. The van der Waals surface area contributed by atoms with E-state index in [-0.39, 0.29) is 17.4 Å². The van der Waals surface area contributed by atoms with Crippen molar-refractivity contribution >= 4 is 37.6 Å². The number of aliphatic hydroxyl groups is 1. The van der Waals surface area contributed by atoms with Gasteiger partial charge in [0.15, 0.2) is 0 Å². The third kappa shape index (κ3) is 5.33. The summed E-state index contributed by atoms with van der Waals surface area (Å²) in [5.74, 6) is 0.277. The zero-order valence-electron chi connectivity index (χ0n) is 11.7. The van der Waals surface area contributed by atoms with Gasteiger partial charge in [-0.1, -0.05) is 25.4 Å². The highest BCUT2D eigenvalue weighted by molar-refractivity contribution is 9.10. The molecule has 0 aliphatic carbocycles. The van der Waals surface area contributed by atoms with Crippen molar-refractivity contribution in [1.29, 1.82) is 0 Å². The molecule has 1 unspecified atom stereocenters. The fourth-order valence-corrected chi connectivity index (χ4v) is 3.77. The molecule has 114 valence electrons. The quantitative estimate of drug-likeness (QED) is 0.791. The van der Waals surface area contributed by atoms with Gasteiger partial charge in [-0.2, -0.15) is 0 Å². The highest BCUT2D eigenvalue weighted by atomic mass is 79.9. The van der Waals surface area contributed by atoms with E-state index in [0.29, 0.717) is 15.9 Å². The Labute approximate surface area is 133 Å². The molecule has 0 spiro atoms. The van der Waals surface area contributed by atoms with E-state index >= 15 is 0 Å². The third-order valence-electron chi connectivity index (χ3n) is 2.69. The molecule has 0 saturated heterocycles. The van der Waals surface area contributed by atoms with Crippen molar-refractivity contribution in [1.82, 2.24) is 4.72 Å². The molecule has 0 heterocycles. The molecule has 0 aliphatic heterocycles. The van der Waals surface area contributed by atoms with Gasteiger partial charge in [0.05, 0.1) is 15.5 Å². The molecule has 0 fully saturated rings. The maximum absolute atomic E-state index is 12.1. The Morgan fingerprint density at radius 2 is 2.05 bits per heavy atom. The lowest BCUT2D eigenvalue weighted by Gasteiger charge is -2.25. The number of rotatable bonds is 6. The molecule has 1 rings (SSSR count). The van der Waals surface area contributed by atoms with Crippen molar-refractivity contribution in [2.24, 2.45) is 5.92 Å². The van der Waals surface area contributed by atoms with Gasteiger partial charge in [-0.25, -0.2) is 13.1 Å². The Morgan fingerprint density at radius 1 is 1.45 bits per heavy atom. The second-order valence-electron chi connectivity index (χ2n) is 5.50. The summed E-state index contributed by atoms with van der Waals surface area (Å²) < 4.78 is 27.2. The maximum Gasteiger partial charge on any atom is 0.240 e. The molecule has 0 radical (unpaired) electrons. The lowest BCUT2D eigenvalue weighted by molar-refractivity contribution is 0.0437. The summed E-state index contributed by atoms with van der Waals surface area (Å²) >= 11 is 9.02. The number of hydrogen-bond acceptors (Lipinski definition) is 3. The van der Waals surface area contributed by atoms with Gasteiger partial charge in [0.2, 0.25) is 10.0 Å². The molecular formula is C13H19BrClNO3S. The minimum absolute atomic E-state index is 0.0340. The topological polar surface area (TPSA) is 66.4 Å². The first-order valence-electron chi connectivity index (χ1n) is 6.20. The summed E-state index contributed by atoms with van der Waals surface area (Å²) in [6, 6.07) is 4.36. The van der Waals surface area contributed by atoms with Gasteiger partial charge < -0.3 is 5.11 Å². The van der Waals surface area contributed by atoms with Crippen LogP contribution >= 0.6 is 27.5 Å². The molecule has 0 aromatic heterocycles. The molecule has 20 heavy (non-hydrogen) atoms. The highest BCUT2D eigenvalue weighted by Crippen LogP contribution is 2.25. The lowest BCUT2D eigenvalue weighted by atomic mass is 9.95. The van der Waals surface area contributed by atoms with E-state index < -0.39 is 15.6 Å². The van der Waals surface area contributed by atoms with Crippen molar-refractivity contribution in [3.8, 4) is 0 Å². The van der Waals surface area contributed by atoms with Gasteiger partial charge in [0.1, 0.15) is 0 Å². The van der Waals surface area contributed by atoms with Crippen LogP contribution in [0.3, 0.4) is 0 Å². The third-order valence-corrected chi connectivity index (χ3v) is 5.31. The second kappa shape index (κ2) is 6.75. The fraction of sp³-hybridized carbons (Fsp3) is 0.538. The number of nitrogens with one attached hydrogen (secondary N) is 1. The van der Waals surface area contributed by atoms with E-state index in [9.17, 15) is 13.5 Å². The molecule has 0 bridgehead atoms. The van der Waals surface area contributed by atoms with Gasteiger partial charge in [-0.05, 0) is 53.4 Å². The van der Waals surface area contributed by atoms with Crippen molar-refractivity contribution in [2.75, 3.05) is 6.54 Å². The predicted octanol–water partition coefficient (Wildman–Crippen LogP) is 3.18. The zero-order chi connectivity index (χ0) is 15.6. The Balaban J connectivity index is 2.82. The summed E-state index contributed by atoms with van der Waals surface area (Å²) in [4.78, 5) is 0.106. The first-order chi connectivity index (χ1) is 9.03. The zero-order valence-corrected chi connectivity index (χ0v) is 14.8.